The van der Waals surface area contributed by atoms with Gasteiger partial charge in [0.05, 0.1) is 28.1 Å². The molecule has 2 bridgehead atoms. The highest BCUT2D eigenvalue weighted by atomic mass is 32.1. The van der Waals surface area contributed by atoms with E-state index in [2.05, 4.69) is 49.0 Å². The molecular weight excluding hydrogens is 673 g/mol. The molecule has 2 atom stereocenters. The highest BCUT2D eigenvalue weighted by Crippen LogP contribution is 2.57. The molecule has 1 aliphatic heterocycles. The molecular formula is C41H46N6O4S. The van der Waals surface area contributed by atoms with E-state index < -0.39 is 5.97 Å². The lowest BCUT2D eigenvalue weighted by Gasteiger charge is -2.56. The number of carboxylic acid groups (broad SMARTS) is 1. The van der Waals surface area contributed by atoms with Crippen molar-refractivity contribution in [3.63, 3.8) is 0 Å². The van der Waals surface area contributed by atoms with Crippen LogP contribution >= 0.6 is 11.3 Å². The van der Waals surface area contributed by atoms with Gasteiger partial charge in [0, 0.05) is 42.5 Å². The molecule has 2 N–H and O–H groups in total. The third-order valence-corrected chi connectivity index (χ3v) is 12.0. The lowest BCUT2D eigenvalue weighted by Crippen LogP contribution is -2.54. The Hall–Kier alpha value is -4.61. The Balaban J connectivity index is 1.02. The molecule has 8 rings (SSSR count). The fourth-order valence-electron chi connectivity index (χ4n) is 9.89. The maximum Gasteiger partial charge on any atom is 0.355 e. The molecule has 2 aromatic carbocycles. The van der Waals surface area contributed by atoms with Crippen molar-refractivity contribution in [3.05, 3.63) is 89.4 Å². The van der Waals surface area contributed by atoms with Crippen molar-refractivity contribution in [2.75, 3.05) is 16.8 Å². The van der Waals surface area contributed by atoms with Gasteiger partial charge in [-0.3, -0.25) is 14.8 Å². The summed E-state index contributed by atoms with van der Waals surface area (Å²) in [6, 6.07) is 17.3. The lowest BCUT2D eigenvalue weighted by molar-refractivity contribution is -0.180. The second-order valence-corrected chi connectivity index (χ2v) is 16.9. The molecule has 5 aromatic rings. The first-order valence-corrected chi connectivity index (χ1v) is 19.3. The Labute approximate surface area is 308 Å². The van der Waals surface area contributed by atoms with Gasteiger partial charge in [0.25, 0.3) is 5.91 Å². The smallest absolute Gasteiger partial charge is 0.355 e. The molecule has 4 heterocycles. The number of benzene rings is 2. The molecule has 2 aliphatic carbocycles. The van der Waals surface area contributed by atoms with Crippen LogP contribution in [0.3, 0.4) is 0 Å². The van der Waals surface area contributed by atoms with Gasteiger partial charge in [0.1, 0.15) is 5.82 Å². The van der Waals surface area contributed by atoms with Crippen molar-refractivity contribution < 1.29 is 19.4 Å². The molecule has 1 amide bonds. The number of hydrogen-bond acceptors (Lipinski definition) is 8. The predicted octanol–water partition coefficient (Wildman–Crippen LogP) is 8.47. The van der Waals surface area contributed by atoms with Gasteiger partial charge in [-0.2, -0.15) is 5.10 Å². The van der Waals surface area contributed by atoms with Crippen molar-refractivity contribution >= 4 is 44.4 Å². The number of aromatic nitrogens is 4. The number of para-hydroxylation sites is 1. The molecule has 3 aromatic heterocycles. The van der Waals surface area contributed by atoms with E-state index in [1.165, 1.54) is 11.3 Å². The summed E-state index contributed by atoms with van der Waals surface area (Å²) in [5, 5.41) is 18.7. The monoisotopic (exact) mass is 718 g/mol. The molecule has 0 spiro atoms. The van der Waals surface area contributed by atoms with Crippen molar-refractivity contribution in [1.82, 2.24) is 19.7 Å². The second-order valence-electron chi connectivity index (χ2n) is 15.9. The number of aromatic carboxylic acids is 1. The Morgan fingerprint density at radius 3 is 2.56 bits per heavy atom. The number of carbonyl (C=O) groups is 2. The summed E-state index contributed by atoms with van der Waals surface area (Å²) in [6.45, 7) is 10.8. The zero-order valence-electron chi connectivity index (χ0n) is 30.3. The van der Waals surface area contributed by atoms with Crippen LogP contribution < -0.4 is 10.2 Å². The van der Waals surface area contributed by atoms with Gasteiger partial charge >= 0.3 is 5.97 Å². The Kier molecular flexibility index (Phi) is 8.90. The predicted molar refractivity (Wildman–Crippen MR) is 204 cm³/mol. The Morgan fingerprint density at radius 2 is 1.81 bits per heavy atom. The summed E-state index contributed by atoms with van der Waals surface area (Å²) >= 11 is 1.44. The highest BCUT2D eigenvalue weighted by molar-refractivity contribution is 7.22. The van der Waals surface area contributed by atoms with Crippen molar-refractivity contribution in [2.24, 2.45) is 17.3 Å². The van der Waals surface area contributed by atoms with Crippen LogP contribution in [0, 0.1) is 17.3 Å². The minimum absolute atomic E-state index is 0.00944. The van der Waals surface area contributed by atoms with E-state index in [1.807, 2.05) is 59.4 Å². The van der Waals surface area contributed by atoms with E-state index in [0.717, 1.165) is 65.6 Å². The molecule has 270 valence electrons. The van der Waals surface area contributed by atoms with E-state index in [-0.39, 0.29) is 28.7 Å². The molecule has 11 heteroatoms. The molecule has 2 fully saturated rings. The number of rotatable bonds is 9. The van der Waals surface area contributed by atoms with Crippen molar-refractivity contribution in [1.29, 1.82) is 0 Å². The number of carbonyl (C=O) groups excluding carboxylic acids is 1. The fraction of sp³-hybridized carbons (Fsp3) is 0.439. The Bertz CT molecular complexity index is 2100. The zero-order chi connectivity index (χ0) is 36.2. The van der Waals surface area contributed by atoms with E-state index in [1.54, 1.807) is 6.20 Å². The van der Waals surface area contributed by atoms with Crippen LogP contribution in [0.25, 0.3) is 21.3 Å². The number of pyridine rings is 1. The fourth-order valence-corrected chi connectivity index (χ4v) is 10.7. The van der Waals surface area contributed by atoms with Gasteiger partial charge < -0.3 is 14.7 Å². The Morgan fingerprint density at radius 1 is 1.02 bits per heavy atom. The molecule has 2 saturated carbocycles. The SMILES string of the molecule is CC1CC2(Cn3cc(-c4ccc(N5CCc6cccc(C(=O)Nc7nc8ccccc8s7)c6C5)nc4C(=O)O)cn3)CC(C)CC(OC(C)C)(C1)C2. The van der Waals surface area contributed by atoms with Gasteiger partial charge in [-0.1, -0.05) is 49.4 Å². The average Bonchev–Trinajstić information content (AvgIpc) is 3.72. The van der Waals surface area contributed by atoms with E-state index in [4.69, 9.17) is 14.8 Å². The van der Waals surface area contributed by atoms with E-state index in [0.29, 0.717) is 53.4 Å². The summed E-state index contributed by atoms with van der Waals surface area (Å²) < 4.78 is 9.69. The number of fused-ring (bicyclic) bond motifs is 4. The summed E-state index contributed by atoms with van der Waals surface area (Å²) in [4.78, 5) is 37.6. The van der Waals surface area contributed by atoms with Crippen LogP contribution in [0.1, 0.15) is 91.8 Å². The first-order chi connectivity index (χ1) is 25.0. The van der Waals surface area contributed by atoms with Gasteiger partial charge in [-0.05, 0) is 111 Å². The standard InChI is InChI=1S/C41H46N6O4S/c1-25(2)51-41-18-26(3)16-40(23-41,17-27(4)19-41)24-47-21-29(20-42-47)30-12-13-35(44-36(30)38(49)50)46-15-14-28-8-7-9-31(32(28)22-46)37(48)45-39-43-33-10-5-6-11-34(33)52-39/h5-13,20-21,25-27H,14-19,22-24H2,1-4H3,(H,49,50)(H,43,45,48). The minimum atomic E-state index is -1.09. The highest BCUT2D eigenvalue weighted by Gasteiger charge is 2.53. The van der Waals surface area contributed by atoms with Crippen molar-refractivity contribution in [3.8, 4) is 11.1 Å². The van der Waals surface area contributed by atoms with E-state index in [9.17, 15) is 14.7 Å². The maximum atomic E-state index is 13.6. The topological polar surface area (TPSA) is 122 Å². The minimum Gasteiger partial charge on any atom is -0.476 e. The molecule has 10 nitrogen and oxygen atoms in total. The summed E-state index contributed by atoms with van der Waals surface area (Å²) in [6.07, 6.45) is 10.1. The van der Waals surface area contributed by atoms with Crippen LogP contribution in [0.2, 0.25) is 0 Å². The third-order valence-electron chi connectivity index (χ3n) is 11.1. The summed E-state index contributed by atoms with van der Waals surface area (Å²) in [5.41, 5.74) is 4.70. The molecule has 0 radical (unpaired) electrons. The third kappa shape index (κ3) is 6.72. The maximum absolute atomic E-state index is 13.6. The largest absolute Gasteiger partial charge is 0.476 e. The molecule has 3 aliphatic rings. The number of thiazole rings is 1. The van der Waals surface area contributed by atoms with Gasteiger partial charge in [0.15, 0.2) is 10.8 Å². The first kappa shape index (κ1) is 34.5. The average molecular weight is 719 g/mol. The van der Waals surface area contributed by atoms with Gasteiger partial charge in [0.2, 0.25) is 0 Å². The first-order valence-electron chi connectivity index (χ1n) is 18.4. The van der Waals surface area contributed by atoms with Crippen LogP contribution in [0.15, 0.2) is 67.0 Å². The second kappa shape index (κ2) is 13.4. The number of ether oxygens (including phenoxy) is 1. The number of hydrogen-bond donors (Lipinski definition) is 2. The number of carboxylic acids is 1. The number of nitrogens with zero attached hydrogens (tertiary/aromatic N) is 5. The van der Waals surface area contributed by atoms with Crippen LogP contribution in [-0.4, -0.2) is 55.0 Å². The van der Waals surface area contributed by atoms with Crippen LogP contribution in [0.4, 0.5) is 10.9 Å². The molecule has 0 saturated heterocycles. The van der Waals surface area contributed by atoms with Crippen LogP contribution in [-0.2, 0) is 24.2 Å². The molecule has 52 heavy (non-hydrogen) atoms. The summed E-state index contributed by atoms with van der Waals surface area (Å²) in [7, 11) is 0. The molecule has 2 unspecified atom stereocenters. The quantitative estimate of drug-likeness (QED) is 0.156. The van der Waals surface area contributed by atoms with Crippen LogP contribution in [0.5, 0.6) is 0 Å². The van der Waals surface area contributed by atoms with Crippen molar-refractivity contribution in [2.45, 2.75) is 91.0 Å². The zero-order valence-corrected chi connectivity index (χ0v) is 31.1. The number of amides is 1. The lowest BCUT2D eigenvalue weighted by atomic mass is 9.54. The van der Waals surface area contributed by atoms with Gasteiger partial charge in [-0.15, -0.1) is 0 Å². The van der Waals surface area contributed by atoms with E-state index >= 15 is 0 Å². The summed E-state index contributed by atoms with van der Waals surface area (Å²) in [5.74, 6) is 0.391. The normalized spacial score (nSPS) is 24.2. The van der Waals surface area contributed by atoms with Gasteiger partial charge in [-0.25, -0.2) is 14.8 Å². The number of anilines is 2. The number of nitrogens with one attached hydrogen (secondary N) is 1.